The first-order valence-corrected chi connectivity index (χ1v) is 7.10. The number of urea groups is 1. The topological polar surface area (TPSA) is 69.6 Å². The van der Waals surface area contributed by atoms with Gasteiger partial charge in [0.15, 0.2) is 0 Å². The number of benzene rings is 1. The second-order valence-electron chi connectivity index (χ2n) is 5.24. The van der Waals surface area contributed by atoms with E-state index in [-0.39, 0.29) is 11.7 Å². The average Bonchev–Trinajstić information content (AvgIpc) is 2.47. The Hall–Kier alpha value is -2.11. The maximum absolute atomic E-state index is 13.5. The lowest BCUT2D eigenvalue weighted by atomic mass is 9.95. The predicted octanol–water partition coefficient (Wildman–Crippen LogP) is 3.18. The molecule has 21 heavy (non-hydrogen) atoms. The fraction of sp³-hybridized carbons (Fsp3) is 0.467. The maximum Gasteiger partial charge on any atom is 0.340 e. The highest BCUT2D eigenvalue weighted by Crippen LogP contribution is 2.22. The van der Waals surface area contributed by atoms with E-state index in [9.17, 15) is 14.0 Å². The van der Waals surface area contributed by atoms with Crippen LogP contribution in [-0.2, 0) is 0 Å². The number of carbonyl (C=O) groups excluding carboxylic acids is 1. The zero-order valence-electron chi connectivity index (χ0n) is 11.9. The number of nitrogens with zero attached hydrogens (tertiary/aromatic N) is 1. The molecule has 1 saturated heterocycles. The molecule has 1 aliphatic heterocycles. The summed E-state index contributed by atoms with van der Waals surface area (Å²) in [6, 6.07) is 3.45. The first-order chi connectivity index (χ1) is 10.0. The van der Waals surface area contributed by atoms with Gasteiger partial charge < -0.3 is 15.3 Å². The van der Waals surface area contributed by atoms with Gasteiger partial charge in [0.2, 0.25) is 0 Å². The molecule has 0 radical (unpaired) electrons. The molecule has 6 heteroatoms. The van der Waals surface area contributed by atoms with E-state index < -0.39 is 17.3 Å². The zero-order valence-corrected chi connectivity index (χ0v) is 11.9. The molecule has 2 amide bonds. The predicted molar refractivity (Wildman–Crippen MR) is 77.0 cm³/mol. The first-order valence-electron chi connectivity index (χ1n) is 7.10. The van der Waals surface area contributed by atoms with E-state index in [0.717, 1.165) is 25.3 Å². The fourth-order valence-corrected chi connectivity index (χ4v) is 2.58. The molecule has 1 heterocycles. The monoisotopic (exact) mass is 294 g/mol. The number of carboxylic acid groups (broad SMARTS) is 1. The summed E-state index contributed by atoms with van der Waals surface area (Å²) in [5.41, 5.74) is -0.514. The third-order valence-corrected chi connectivity index (χ3v) is 3.95. The van der Waals surface area contributed by atoms with Crippen molar-refractivity contribution in [3.63, 3.8) is 0 Å². The lowest BCUT2D eigenvalue weighted by Crippen LogP contribution is -2.41. The number of likely N-dealkylation sites (tertiary alicyclic amines) is 1. The SMILES string of the molecule is CCC1CCN(C(=O)Nc2cccc(F)c2C(=O)O)CC1. The molecule has 1 aliphatic rings. The number of carboxylic acids is 1. The third-order valence-electron chi connectivity index (χ3n) is 3.95. The van der Waals surface area contributed by atoms with Gasteiger partial charge >= 0.3 is 12.0 Å². The Labute approximate surface area is 122 Å². The van der Waals surface area contributed by atoms with Gasteiger partial charge in [-0.3, -0.25) is 0 Å². The summed E-state index contributed by atoms with van der Waals surface area (Å²) in [5, 5.41) is 11.5. The van der Waals surface area contributed by atoms with Gasteiger partial charge in [0.1, 0.15) is 11.4 Å². The molecule has 0 atom stereocenters. The van der Waals surface area contributed by atoms with Gasteiger partial charge in [-0.2, -0.15) is 0 Å². The minimum Gasteiger partial charge on any atom is -0.478 e. The van der Waals surface area contributed by atoms with Crippen LogP contribution in [-0.4, -0.2) is 35.1 Å². The summed E-state index contributed by atoms with van der Waals surface area (Å²) >= 11 is 0. The highest BCUT2D eigenvalue weighted by molar-refractivity contribution is 6.00. The van der Waals surface area contributed by atoms with Crippen molar-refractivity contribution in [3.05, 3.63) is 29.6 Å². The molecular weight excluding hydrogens is 275 g/mol. The Kier molecular flexibility index (Phi) is 4.77. The third kappa shape index (κ3) is 3.51. The quantitative estimate of drug-likeness (QED) is 0.899. The lowest BCUT2D eigenvalue weighted by molar-refractivity contribution is 0.0693. The van der Waals surface area contributed by atoms with E-state index in [2.05, 4.69) is 12.2 Å². The minimum atomic E-state index is -1.40. The number of anilines is 1. The second-order valence-corrected chi connectivity index (χ2v) is 5.24. The highest BCUT2D eigenvalue weighted by atomic mass is 19.1. The normalized spacial score (nSPS) is 15.8. The van der Waals surface area contributed by atoms with Crippen LogP contribution in [0.25, 0.3) is 0 Å². The van der Waals surface area contributed by atoms with Crippen molar-refractivity contribution >= 4 is 17.7 Å². The van der Waals surface area contributed by atoms with E-state index in [1.807, 2.05) is 0 Å². The fourth-order valence-electron chi connectivity index (χ4n) is 2.58. The van der Waals surface area contributed by atoms with Gasteiger partial charge in [-0.1, -0.05) is 19.4 Å². The molecule has 0 aromatic heterocycles. The number of amides is 2. The molecule has 114 valence electrons. The van der Waals surface area contributed by atoms with Gasteiger partial charge in [-0.15, -0.1) is 0 Å². The Morgan fingerprint density at radius 2 is 2.05 bits per heavy atom. The van der Waals surface area contributed by atoms with Crippen LogP contribution in [0.5, 0.6) is 0 Å². The van der Waals surface area contributed by atoms with Crippen molar-refractivity contribution in [1.29, 1.82) is 0 Å². The largest absolute Gasteiger partial charge is 0.478 e. The molecule has 2 N–H and O–H groups in total. The van der Waals surface area contributed by atoms with Crippen molar-refractivity contribution in [3.8, 4) is 0 Å². The van der Waals surface area contributed by atoms with E-state index in [1.54, 1.807) is 4.90 Å². The Balaban J connectivity index is 2.07. The second kappa shape index (κ2) is 6.56. The van der Waals surface area contributed by atoms with Crippen molar-refractivity contribution in [2.24, 2.45) is 5.92 Å². The Bertz CT molecular complexity index is 540. The molecule has 0 bridgehead atoms. The van der Waals surface area contributed by atoms with Gasteiger partial charge in [0.25, 0.3) is 0 Å². The number of hydrogen-bond acceptors (Lipinski definition) is 2. The van der Waals surface area contributed by atoms with E-state index in [4.69, 9.17) is 5.11 Å². The molecule has 1 aromatic carbocycles. The van der Waals surface area contributed by atoms with Crippen LogP contribution >= 0.6 is 0 Å². The maximum atomic E-state index is 13.5. The summed E-state index contributed by atoms with van der Waals surface area (Å²) in [4.78, 5) is 24.9. The number of rotatable bonds is 3. The summed E-state index contributed by atoms with van der Waals surface area (Å²) in [6.45, 7) is 3.41. The Morgan fingerprint density at radius 1 is 1.38 bits per heavy atom. The van der Waals surface area contributed by atoms with Gasteiger partial charge in [0, 0.05) is 13.1 Å². The number of piperidine rings is 1. The molecular formula is C15H19FN2O3. The average molecular weight is 294 g/mol. The summed E-state index contributed by atoms with van der Waals surface area (Å²) in [6.07, 6.45) is 2.99. The minimum absolute atomic E-state index is 0.00915. The van der Waals surface area contributed by atoms with E-state index in [0.29, 0.717) is 19.0 Å². The highest BCUT2D eigenvalue weighted by Gasteiger charge is 2.23. The molecule has 2 rings (SSSR count). The molecule has 0 aliphatic carbocycles. The van der Waals surface area contributed by atoms with Crippen LogP contribution in [0.15, 0.2) is 18.2 Å². The van der Waals surface area contributed by atoms with Gasteiger partial charge in [-0.25, -0.2) is 14.0 Å². The standard InChI is InChI=1S/C15H19FN2O3/c1-2-10-6-8-18(9-7-10)15(21)17-12-5-3-4-11(16)13(12)14(19)20/h3-5,10H,2,6-9H2,1H3,(H,17,21)(H,19,20). The van der Waals surface area contributed by atoms with Crippen LogP contribution in [0.4, 0.5) is 14.9 Å². The number of hydrogen-bond donors (Lipinski definition) is 2. The van der Waals surface area contributed by atoms with E-state index >= 15 is 0 Å². The molecule has 0 spiro atoms. The smallest absolute Gasteiger partial charge is 0.340 e. The molecule has 0 saturated carbocycles. The van der Waals surface area contributed by atoms with Gasteiger partial charge in [-0.05, 0) is 30.9 Å². The number of nitrogens with one attached hydrogen (secondary N) is 1. The van der Waals surface area contributed by atoms with E-state index in [1.165, 1.54) is 12.1 Å². The van der Waals surface area contributed by atoms with Gasteiger partial charge in [0.05, 0.1) is 5.69 Å². The van der Waals surface area contributed by atoms with Crippen LogP contribution in [0.3, 0.4) is 0 Å². The Morgan fingerprint density at radius 3 is 2.62 bits per heavy atom. The summed E-state index contributed by atoms with van der Waals surface area (Å²) in [5.74, 6) is -1.61. The van der Waals surface area contributed by atoms with Crippen LogP contribution in [0, 0.1) is 11.7 Å². The summed E-state index contributed by atoms with van der Waals surface area (Å²) in [7, 11) is 0. The first kappa shape index (κ1) is 15.3. The van der Waals surface area contributed by atoms with Crippen LogP contribution < -0.4 is 5.32 Å². The molecule has 1 aromatic rings. The number of aromatic carboxylic acids is 1. The zero-order chi connectivity index (χ0) is 15.4. The van der Waals surface area contributed by atoms with Crippen molar-refractivity contribution in [2.75, 3.05) is 18.4 Å². The lowest BCUT2D eigenvalue weighted by Gasteiger charge is -2.31. The van der Waals surface area contributed by atoms with Crippen LogP contribution in [0.2, 0.25) is 0 Å². The van der Waals surface area contributed by atoms with Crippen molar-refractivity contribution in [2.45, 2.75) is 26.2 Å². The van der Waals surface area contributed by atoms with Crippen molar-refractivity contribution in [1.82, 2.24) is 4.90 Å². The summed E-state index contributed by atoms with van der Waals surface area (Å²) < 4.78 is 13.5. The number of carbonyl (C=O) groups is 2. The molecule has 0 unspecified atom stereocenters. The van der Waals surface area contributed by atoms with Crippen LogP contribution in [0.1, 0.15) is 36.5 Å². The molecule has 1 fully saturated rings. The number of halogens is 1. The molecule has 5 nitrogen and oxygen atoms in total. The van der Waals surface area contributed by atoms with Crippen molar-refractivity contribution < 1.29 is 19.1 Å².